The summed E-state index contributed by atoms with van der Waals surface area (Å²) in [6, 6.07) is 8.37. The highest BCUT2D eigenvalue weighted by molar-refractivity contribution is 7.92. The Morgan fingerprint density at radius 1 is 0.933 bits per heavy atom. The molecule has 5 N–H and O–H groups in total. The third-order valence-corrected chi connectivity index (χ3v) is 4.95. The van der Waals surface area contributed by atoms with Gasteiger partial charge in [-0.1, -0.05) is 18.2 Å². The smallest absolute Gasteiger partial charge is 0.387 e. The number of nitrogens with zero attached hydrogens (tertiary/aromatic N) is 4. The van der Waals surface area contributed by atoms with E-state index in [1.165, 1.54) is 12.1 Å². The fourth-order valence-corrected chi connectivity index (χ4v) is 3.40. The average molecular weight is 434 g/mol. The first kappa shape index (κ1) is 20.7. The van der Waals surface area contributed by atoms with Crippen LogP contribution < -0.4 is 5.73 Å². The van der Waals surface area contributed by atoms with Crippen molar-refractivity contribution in [3.8, 4) is 5.75 Å². The lowest BCUT2D eigenvalue weighted by Crippen LogP contribution is -2.08. The van der Waals surface area contributed by atoms with Crippen molar-refractivity contribution in [3.05, 3.63) is 62.7 Å². The molecule has 30 heavy (non-hydrogen) atoms. The molecule has 0 bridgehead atoms. The summed E-state index contributed by atoms with van der Waals surface area (Å²) in [6.45, 7) is 0. The minimum Gasteiger partial charge on any atom is -0.501 e. The lowest BCUT2D eigenvalue weighted by atomic mass is 10.1. The highest BCUT2D eigenvalue weighted by Crippen LogP contribution is 2.42. The molecule has 0 amide bonds. The van der Waals surface area contributed by atoms with Gasteiger partial charge in [0.25, 0.3) is 5.69 Å². The second-order valence-corrected chi connectivity index (χ2v) is 7.33. The maximum Gasteiger partial charge on any atom is 0.387 e. The molecule has 0 aliphatic rings. The van der Waals surface area contributed by atoms with E-state index in [-0.39, 0.29) is 22.1 Å². The number of phenols is 1. The number of nitrogens with two attached hydrogens (primary N) is 1. The molecule has 13 nitrogen and oxygen atoms in total. The number of anilines is 1. The first-order valence-electron chi connectivity index (χ1n) is 7.88. The SMILES string of the molecule is Nc1c(N=Nc2cc([N+](=O)[O-])cc([N+](=O)[O-])c2O)cc([S+](=O)(O)O)c2ccccc12. The molecule has 3 aromatic carbocycles. The second-order valence-electron chi connectivity index (χ2n) is 5.90. The molecule has 0 atom stereocenters. The summed E-state index contributed by atoms with van der Waals surface area (Å²) in [5, 5.41) is 39.7. The van der Waals surface area contributed by atoms with Gasteiger partial charge in [0.2, 0.25) is 10.6 Å². The standard InChI is InChI=1S/C16H11N5O8S/c17-15-10-4-2-1-3-9(10)14(30(27,28)29)7-11(15)18-19-12-5-8(20(23)24)6-13(16(12)22)21(25)26/h1-7H,(H4-,17,18,19,22,27,28,29)/p+1. The van der Waals surface area contributed by atoms with Gasteiger partial charge in [-0.3, -0.25) is 20.2 Å². The molecule has 154 valence electrons. The molecular formula is C16H12N5O8S+. The van der Waals surface area contributed by atoms with Crippen LogP contribution in [0.5, 0.6) is 5.75 Å². The highest BCUT2D eigenvalue weighted by atomic mass is 32.3. The fourth-order valence-electron chi connectivity index (χ4n) is 2.67. The summed E-state index contributed by atoms with van der Waals surface area (Å²) in [4.78, 5) is 19.7. The van der Waals surface area contributed by atoms with Gasteiger partial charge in [0.05, 0.1) is 21.6 Å². The first-order chi connectivity index (χ1) is 14.0. The molecule has 0 fully saturated rings. The number of nitro groups is 2. The van der Waals surface area contributed by atoms with Gasteiger partial charge in [0.15, 0.2) is 0 Å². The number of non-ortho nitro benzene ring substituents is 1. The van der Waals surface area contributed by atoms with Crippen LogP contribution in [-0.2, 0) is 14.7 Å². The summed E-state index contributed by atoms with van der Waals surface area (Å²) in [7, 11) is -4.43. The Labute approximate surface area is 167 Å². The largest absolute Gasteiger partial charge is 0.501 e. The van der Waals surface area contributed by atoms with E-state index in [0.29, 0.717) is 6.07 Å². The quantitative estimate of drug-likeness (QED) is 0.149. The first-order valence-corrected chi connectivity index (χ1v) is 9.35. The number of nitro benzene ring substituents is 2. The molecule has 0 unspecified atom stereocenters. The third kappa shape index (κ3) is 3.77. The van der Waals surface area contributed by atoms with Gasteiger partial charge < -0.3 is 10.8 Å². The highest BCUT2D eigenvalue weighted by Gasteiger charge is 2.31. The number of rotatable bonds is 5. The minimum atomic E-state index is -4.43. The van der Waals surface area contributed by atoms with E-state index in [0.717, 1.165) is 12.1 Å². The molecular weight excluding hydrogens is 422 g/mol. The van der Waals surface area contributed by atoms with E-state index >= 15 is 0 Å². The zero-order chi connectivity index (χ0) is 22.2. The molecule has 0 aliphatic carbocycles. The zero-order valence-corrected chi connectivity index (χ0v) is 15.5. The van der Waals surface area contributed by atoms with Crippen LogP contribution in [-0.4, -0.2) is 24.1 Å². The average Bonchev–Trinajstić information content (AvgIpc) is 2.67. The number of fused-ring (bicyclic) bond motifs is 1. The normalized spacial score (nSPS) is 11.8. The zero-order valence-electron chi connectivity index (χ0n) is 14.7. The maximum atomic E-state index is 11.8. The predicted molar refractivity (Wildman–Crippen MR) is 106 cm³/mol. The van der Waals surface area contributed by atoms with Crippen LogP contribution in [0.4, 0.5) is 28.4 Å². The van der Waals surface area contributed by atoms with Crippen LogP contribution in [0.25, 0.3) is 10.8 Å². The van der Waals surface area contributed by atoms with Crippen molar-refractivity contribution in [2.75, 3.05) is 5.73 Å². The Hall–Kier alpha value is -4.01. The lowest BCUT2D eigenvalue weighted by Gasteiger charge is -2.07. The molecule has 3 rings (SSSR count). The van der Waals surface area contributed by atoms with Gasteiger partial charge in [-0.25, -0.2) is 0 Å². The fraction of sp³-hybridized carbons (Fsp3) is 0. The van der Waals surface area contributed by atoms with Gasteiger partial charge in [-0.2, -0.15) is 9.11 Å². The van der Waals surface area contributed by atoms with Crippen LogP contribution in [0.15, 0.2) is 57.6 Å². The van der Waals surface area contributed by atoms with E-state index < -0.39 is 48.0 Å². The predicted octanol–water partition coefficient (Wildman–Crippen LogP) is 4.16. The van der Waals surface area contributed by atoms with Gasteiger partial charge in [-0.05, 0) is 10.3 Å². The second kappa shape index (κ2) is 7.43. The van der Waals surface area contributed by atoms with Crippen LogP contribution in [0.2, 0.25) is 0 Å². The van der Waals surface area contributed by atoms with Crippen molar-refractivity contribution in [2.45, 2.75) is 4.90 Å². The molecule has 0 saturated heterocycles. The van der Waals surface area contributed by atoms with Crippen LogP contribution >= 0.6 is 0 Å². The van der Waals surface area contributed by atoms with Crippen molar-refractivity contribution >= 4 is 49.7 Å². The number of azo groups is 1. The molecule has 0 saturated carbocycles. The Kier molecular flexibility index (Phi) is 5.13. The van der Waals surface area contributed by atoms with Crippen molar-refractivity contribution in [1.29, 1.82) is 0 Å². The third-order valence-electron chi connectivity index (χ3n) is 4.04. The number of phenolic OH excluding ortho intramolecular Hbond substituents is 1. The Morgan fingerprint density at radius 2 is 1.53 bits per heavy atom. The van der Waals surface area contributed by atoms with Crippen LogP contribution in [0.3, 0.4) is 0 Å². The minimum absolute atomic E-state index is 0.0128. The van der Waals surface area contributed by atoms with Crippen molar-refractivity contribution < 1.29 is 28.3 Å². The molecule has 0 radical (unpaired) electrons. The molecule has 0 heterocycles. The maximum absolute atomic E-state index is 11.8. The van der Waals surface area contributed by atoms with E-state index in [1.807, 2.05) is 0 Å². The van der Waals surface area contributed by atoms with Gasteiger partial charge in [0.1, 0.15) is 11.4 Å². The summed E-state index contributed by atoms with van der Waals surface area (Å²) in [6.07, 6.45) is 0. The van der Waals surface area contributed by atoms with Crippen LogP contribution in [0.1, 0.15) is 0 Å². The molecule has 0 aromatic heterocycles. The van der Waals surface area contributed by atoms with E-state index in [4.69, 9.17) is 5.73 Å². The van der Waals surface area contributed by atoms with E-state index in [1.54, 1.807) is 12.1 Å². The topological polar surface area (TPSA) is 215 Å². The number of hydrogen-bond acceptors (Lipinski definition) is 9. The number of benzene rings is 3. The Bertz CT molecular complexity index is 1290. The van der Waals surface area contributed by atoms with Gasteiger partial charge >= 0.3 is 16.2 Å². The summed E-state index contributed by atoms with van der Waals surface area (Å²) >= 11 is 0. The van der Waals surface area contributed by atoms with Gasteiger partial charge in [0, 0.05) is 22.9 Å². The number of hydrogen-bond donors (Lipinski definition) is 4. The van der Waals surface area contributed by atoms with Gasteiger partial charge in [-0.15, -0.1) is 10.2 Å². The molecule has 0 aliphatic heterocycles. The molecule has 14 heteroatoms. The summed E-state index contributed by atoms with van der Waals surface area (Å²) in [5.41, 5.74) is 3.50. The molecule has 3 aromatic rings. The monoisotopic (exact) mass is 434 g/mol. The lowest BCUT2D eigenvalue weighted by molar-refractivity contribution is -0.394. The Balaban J connectivity index is 2.22. The van der Waals surface area contributed by atoms with Crippen molar-refractivity contribution in [3.63, 3.8) is 0 Å². The van der Waals surface area contributed by atoms with Crippen molar-refractivity contribution in [1.82, 2.24) is 0 Å². The van der Waals surface area contributed by atoms with Crippen LogP contribution in [0, 0.1) is 20.2 Å². The Morgan fingerprint density at radius 3 is 2.10 bits per heavy atom. The van der Waals surface area contributed by atoms with E-state index in [2.05, 4.69) is 10.2 Å². The summed E-state index contributed by atoms with van der Waals surface area (Å²) in [5.74, 6) is -0.970. The summed E-state index contributed by atoms with van der Waals surface area (Å²) < 4.78 is 31.1. The molecule has 0 spiro atoms. The number of nitrogen functional groups attached to an aromatic ring is 1. The van der Waals surface area contributed by atoms with E-state index in [9.17, 15) is 38.6 Å². The number of aromatic hydroxyl groups is 1. The van der Waals surface area contributed by atoms with Crippen molar-refractivity contribution in [2.24, 2.45) is 10.2 Å².